The second kappa shape index (κ2) is 3.54. The Bertz CT molecular complexity index is 196. The number of hydrogen-bond acceptors (Lipinski definition) is 0. The van der Waals surface area contributed by atoms with Crippen LogP contribution in [0, 0.1) is 28.6 Å². The maximum absolute atomic E-state index is 2.52. The Hall–Kier alpha value is 0. The zero-order valence-electron chi connectivity index (χ0n) is 11.1. The third-order valence-corrected chi connectivity index (χ3v) is 5.81. The van der Waals surface area contributed by atoms with E-state index in [-0.39, 0.29) is 0 Å². The van der Waals surface area contributed by atoms with Crippen molar-refractivity contribution in [2.45, 2.75) is 61.3 Å². The van der Waals surface area contributed by atoms with Gasteiger partial charge in [-0.15, -0.1) is 0 Å². The highest BCUT2D eigenvalue weighted by Gasteiger charge is 2.64. The van der Waals surface area contributed by atoms with Crippen LogP contribution in [0.3, 0.4) is 0 Å². The highest BCUT2D eigenvalue weighted by atomic mass is 14.7. The second-order valence-corrected chi connectivity index (χ2v) is 6.18. The lowest BCUT2D eigenvalue weighted by Gasteiger charge is -2.41. The Kier molecular flexibility index (Phi) is 3.05. The van der Waals surface area contributed by atoms with E-state index in [9.17, 15) is 0 Å². The minimum Gasteiger partial charge on any atom is -0.0654 e. The van der Waals surface area contributed by atoms with Gasteiger partial charge in [-0.3, -0.25) is 0 Å². The smallest absolute Gasteiger partial charge is 0.0213 e. The van der Waals surface area contributed by atoms with Crippen LogP contribution in [0.15, 0.2) is 0 Å². The van der Waals surface area contributed by atoms with Crippen LogP contribution in [-0.4, -0.2) is 0 Å². The Morgan fingerprint density at radius 2 is 1.64 bits per heavy atom. The van der Waals surface area contributed by atoms with E-state index in [0.717, 1.165) is 17.8 Å². The summed E-state index contributed by atoms with van der Waals surface area (Å²) in [5.74, 6) is 2.64. The molecule has 0 spiro atoms. The topological polar surface area (TPSA) is 0 Å². The Labute approximate surface area is 90.5 Å². The van der Waals surface area contributed by atoms with Crippen molar-refractivity contribution in [3.05, 3.63) is 0 Å². The molecule has 1 fully saturated rings. The van der Waals surface area contributed by atoms with E-state index < -0.39 is 0 Å². The van der Waals surface area contributed by atoms with Gasteiger partial charge in [-0.25, -0.2) is 0 Å². The summed E-state index contributed by atoms with van der Waals surface area (Å²) < 4.78 is 0. The van der Waals surface area contributed by atoms with Gasteiger partial charge in [0.15, 0.2) is 0 Å². The molecule has 3 atom stereocenters. The van der Waals surface area contributed by atoms with Crippen LogP contribution in [0.25, 0.3) is 0 Å². The van der Waals surface area contributed by atoms with Crippen molar-refractivity contribution in [1.29, 1.82) is 0 Å². The molecule has 14 heavy (non-hydrogen) atoms. The molecule has 0 aromatic heterocycles. The van der Waals surface area contributed by atoms with Crippen LogP contribution >= 0.6 is 0 Å². The van der Waals surface area contributed by atoms with Crippen LogP contribution in [0.2, 0.25) is 0 Å². The first-order valence-corrected chi connectivity index (χ1v) is 6.32. The minimum absolute atomic E-state index is 0.542. The molecule has 0 aliphatic heterocycles. The van der Waals surface area contributed by atoms with Crippen LogP contribution in [-0.2, 0) is 0 Å². The monoisotopic (exact) mass is 196 g/mol. The third kappa shape index (κ3) is 1.33. The molecule has 1 aliphatic rings. The summed E-state index contributed by atoms with van der Waals surface area (Å²) >= 11 is 0. The molecule has 0 bridgehead atoms. The van der Waals surface area contributed by atoms with Crippen molar-refractivity contribution in [3.63, 3.8) is 0 Å². The van der Waals surface area contributed by atoms with Gasteiger partial charge < -0.3 is 0 Å². The van der Waals surface area contributed by atoms with Gasteiger partial charge in [0.25, 0.3) is 0 Å². The molecule has 0 radical (unpaired) electrons. The quantitative estimate of drug-likeness (QED) is 0.609. The molecule has 0 nitrogen and oxygen atoms in total. The van der Waals surface area contributed by atoms with Crippen LogP contribution in [0.4, 0.5) is 0 Å². The summed E-state index contributed by atoms with van der Waals surface area (Å²) in [4.78, 5) is 0. The van der Waals surface area contributed by atoms with E-state index in [1.165, 1.54) is 12.8 Å². The standard InChI is InChI=1S/C14H28/c1-8-9-13(6,10(2)3)14(7)11(4)12(14)5/h10-12H,8-9H2,1-7H3. The first-order valence-electron chi connectivity index (χ1n) is 6.32. The zero-order chi connectivity index (χ0) is 11.1. The zero-order valence-corrected chi connectivity index (χ0v) is 11.1. The Morgan fingerprint density at radius 1 is 1.21 bits per heavy atom. The van der Waals surface area contributed by atoms with E-state index >= 15 is 0 Å². The lowest BCUT2D eigenvalue weighted by molar-refractivity contribution is 0.0722. The molecular formula is C14H28. The highest BCUT2D eigenvalue weighted by molar-refractivity contribution is 5.12. The average molecular weight is 196 g/mol. The van der Waals surface area contributed by atoms with E-state index in [1.54, 1.807) is 0 Å². The largest absolute Gasteiger partial charge is 0.0654 e. The third-order valence-electron chi connectivity index (χ3n) is 5.81. The van der Waals surface area contributed by atoms with Gasteiger partial charge in [-0.2, -0.15) is 0 Å². The Morgan fingerprint density at radius 3 is 1.86 bits per heavy atom. The molecule has 0 heteroatoms. The fraction of sp³-hybridized carbons (Fsp3) is 1.00. The predicted molar refractivity (Wildman–Crippen MR) is 64.3 cm³/mol. The van der Waals surface area contributed by atoms with Crippen molar-refractivity contribution in [1.82, 2.24) is 0 Å². The number of hydrogen-bond donors (Lipinski definition) is 0. The second-order valence-electron chi connectivity index (χ2n) is 6.18. The van der Waals surface area contributed by atoms with Gasteiger partial charge in [0.1, 0.15) is 0 Å². The van der Waals surface area contributed by atoms with Gasteiger partial charge in [0, 0.05) is 0 Å². The lowest BCUT2D eigenvalue weighted by Crippen LogP contribution is -2.34. The molecule has 84 valence electrons. The molecule has 1 rings (SSSR count). The summed E-state index contributed by atoms with van der Waals surface area (Å²) in [5, 5.41) is 0. The van der Waals surface area contributed by atoms with E-state index in [1.807, 2.05) is 0 Å². The summed E-state index contributed by atoms with van der Waals surface area (Å²) in [5.41, 5.74) is 1.14. The van der Waals surface area contributed by atoms with Crippen LogP contribution in [0.5, 0.6) is 0 Å². The molecule has 3 unspecified atom stereocenters. The normalized spacial score (nSPS) is 41.1. The van der Waals surface area contributed by atoms with Gasteiger partial charge in [-0.1, -0.05) is 54.9 Å². The Balaban J connectivity index is 2.90. The fourth-order valence-electron chi connectivity index (χ4n) is 3.72. The summed E-state index contributed by atoms with van der Waals surface area (Å²) in [6, 6.07) is 0. The SMILES string of the molecule is CCCC(C)(C(C)C)C1(C)C(C)C1C. The van der Waals surface area contributed by atoms with Crippen molar-refractivity contribution in [2.24, 2.45) is 28.6 Å². The fourth-order valence-corrected chi connectivity index (χ4v) is 3.72. The van der Waals surface area contributed by atoms with Gasteiger partial charge in [0.05, 0.1) is 0 Å². The highest BCUT2D eigenvalue weighted by Crippen LogP contribution is 2.70. The minimum atomic E-state index is 0.542. The van der Waals surface area contributed by atoms with Gasteiger partial charge in [-0.05, 0) is 35.0 Å². The lowest BCUT2D eigenvalue weighted by atomic mass is 9.63. The summed E-state index contributed by atoms with van der Waals surface area (Å²) in [6.45, 7) is 17.0. The molecule has 0 N–H and O–H groups in total. The first-order chi connectivity index (χ1) is 6.32. The molecular weight excluding hydrogens is 168 g/mol. The molecule has 0 saturated heterocycles. The van der Waals surface area contributed by atoms with Crippen molar-refractivity contribution in [3.8, 4) is 0 Å². The molecule has 0 aromatic carbocycles. The molecule has 1 saturated carbocycles. The first kappa shape index (κ1) is 12.1. The maximum atomic E-state index is 2.52. The maximum Gasteiger partial charge on any atom is -0.0213 e. The van der Waals surface area contributed by atoms with E-state index in [2.05, 4.69) is 48.5 Å². The molecule has 0 heterocycles. The molecule has 0 aromatic rings. The number of rotatable bonds is 4. The summed E-state index contributed by atoms with van der Waals surface area (Å²) in [6.07, 6.45) is 2.71. The van der Waals surface area contributed by atoms with E-state index in [0.29, 0.717) is 10.8 Å². The van der Waals surface area contributed by atoms with Crippen molar-refractivity contribution >= 4 is 0 Å². The van der Waals surface area contributed by atoms with Crippen molar-refractivity contribution < 1.29 is 0 Å². The molecule has 0 amide bonds. The van der Waals surface area contributed by atoms with Crippen molar-refractivity contribution in [2.75, 3.05) is 0 Å². The predicted octanol–water partition coefficient (Wildman–Crippen LogP) is 4.74. The van der Waals surface area contributed by atoms with Crippen LogP contribution in [0.1, 0.15) is 61.3 Å². The average Bonchev–Trinajstić information content (AvgIpc) is 2.58. The van der Waals surface area contributed by atoms with Crippen LogP contribution < -0.4 is 0 Å². The van der Waals surface area contributed by atoms with Gasteiger partial charge >= 0.3 is 0 Å². The molecule has 1 aliphatic carbocycles. The van der Waals surface area contributed by atoms with Gasteiger partial charge in [0.2, 0.25) is 0 Å². The summed E-state index contributed by atoms with van der Waals surface area (Å²) in [7, 11) is 0. The van der Waals surface area contributed by atoms with E-state index in [4.69, 9.17) is 0 Å².